The van der Waals surface area contributed by atoms with Crippen LogP contribution in [0.15, 0.2) is 0 Å². The minimum atomic E-state index is 0.478. The maximum atomic E-state index is 6.18. The van der Waals surface area contributed by atoms with Gasteiger partial charge in [0.05, 0.1) is 0 Å². The third-order valence-electron chi connectivity index (χ3n) is 4.15. The molecule has 14 heavy (non-hydrogen) atoms. The molecule has 1 heteroatoms. The molecule has 2 aliphatic carbocycles. The average Bonchev–Trinajstić information content (AvgIpc) is 2.70. The van der Waals surface area contributed by atoms with Gasteiger partial charge < -0.3 is 0 Å². The minimum Gasteiger partial charge on any atom is -0.126 e. The van der Waals surface area contributed by atoms with Crippen LogP contribution in [0.5, 0.6) is 0 Å². The van der Waals surface area contributed by atoms with Crippen LogP contribution >= 0.6 is 11.6 Å². The molecule has 0 spiro atoms. The van der Waals surface area contributed by atoms with Crippen LogP contribution in [-0.2, 0) is 0 Å². The van der Waals surface area contributed by atoms with E-state index < -0.39 is 0 Å². The average molecular weight is 215 g/mol. The van der Waals surface area contributed by atoms with E-state index in [4.69, 9.17) is 11.6 Å². The summed E-state index contributed by atoms with van der Waals surface area (Å²) in [7, 11) is 0. The smallest absolute Gasteiger partial charge is 0.0280 e. The topological polar surface area (TPSA) is 0 Å². The van der Waals surface area contributed by atoms with E-state index in [1.165, 1.54) is 32.1 Å². The summed E-state index contributed by atoms with van der Waals surface area (Å²) in [5.74, 6) is 3.03. The first-order valence-electron chi connectivity index (χ1n) is 6.00. The van der Waals surface area contributed by atoms with E-state index in [1.54, 1.807) is 0 Å². The van der Waals surface area contributed by atoms with Gasteiger partial charge in [-0.15, -0.1) is 11.6 Å². The molecule has 2 rings (SSSR count). The van der Waals surface area contributed by atoms with Crippen LogP contribution in [-0.4, -0.2) is 5.88 Å². The Kier molecular flexibility index (Phi) is 2.62. The standard InChI is InChI=1S/C13H23Cl/c1-12(2,3)4-5-13(9-14)7-10-6-11(10)8-13/h10-11H,4-9H2,1-3H3. The molecule has 0 amide bonds. The van der Waals surface area contributed by atoms with Crippen molar-refractivity contribution in [3.05, 3.63) is 0 Å². The molecule has 2 unspecified atom stereocenters. The third-order valence-corrected chi connectivity index (χ3v) is 4.72. The highest BCUT2D eigenvalue weighted by atomic mass is 35.5. The molecule has 0 aromatic heterocycles. The molecule has 2 fully saturated rings. The Labute approximate surface area is 93.4 Å². The Bertz CT molecular complexity index is 204. The number of halogens is 1. The van der Waals surface area contributed by atoms with Gasteiger partial charge in [0, 0.05) is 5.88 Å². The van der Waals surface area contributed by atoms with Crippen molar-refractivity contribution in [2.24, 2.45) is 22.7 Å². The molecule has 0 aliphatic heterocycles. The summed E-state index contributed by atoms with van der Waals surface area (Å²) in [5, 5.41) is 0. The lowest BCUT2D eigenvalue weighted by molar-refractivity contribution is 0.224. The van der Waals surface area contributed by atoms with Gasteiger partial charge >= 0.3 is 0 Å². The highest BCUT2D eigenvalue weighted by Gasteiger charge is 2.52. The van der Waals surface area contributed by atoms with Gasteiger partial charge in [0.2, 0.25) is 0 Å². The van der Waals surface area contributed by atoms with Crippen LogP contribution in [0.2, 0.25) is 0 Å². The summed E-state index contributed by atoms with van der Waals surface area (Å²) in [5.41, 5.74) is 1.01. The first-order chi connectivity index (χ1) is 6.44. The monoisotopic (exact) mass is 214 g/mol. The summed E-state index contributed by atoms with van der Waals surface area (Å²) in [6.07, 6.45) is 7.05. The Morgan fingerprint density at radius 2 is 1.79 bits per heavy atom. The molecule has 0 saturated heterocycles. The molecule has 0 heterocycles. The predicted molar refractivity (Wildman–Crippen MR) is 62.7 cm³/mol. The second-order valence-corrected chi connectivity index (χ2v) is 7.13. The van der Waals surface area contributed by atoms with Crippen LogP contribution < -0.4 is 0 Å². The van der Waals surface area contributed by atoms with E-state index in [1.807, 2.05) is 0 Å². The van der Waals surface area contributed by atoms with E-state index in [0.29, 0.717) is 10.8 Å². The molecule has 2 saturated carbocycles. The zero-order valence-corrected chi connectivity index (χ0v) is 10.5. The lowest BCUT2D eigenvalue weighted by Gasteiger charge is -2.31. The van der Waals surface area contributed by atoms with Gasteiger partial charge in [0.15, 0.2) is 0 Å². The van der Waals surface area contributed by atoms with Crippen molar-refractivity contribution in [1.82, 2.24) is 0 Å². The zero-order chi connectivity index (χ0) is 10.4. The number of rotatable bonds is 3. The van der Waals surface area contributed by atoms with Crippen molar-refractivity contribution in [3.8, 4) is 0 Å². The van der Waals surface area contributed by atoms with Crippen LogP contribution in [0.1, 0.15) is 52.9 Å². The van der Waals surface area contributed by atoms with Crippen molar-refractivity contribution < 1.29 is 0 Å². The van der Waals surface area contributed by atoms with Gasteiger partial charge in [0.1, 0.15) is 0 Å². The molecule has 0 bridgehead atoms. The molecule has 0 aromatic carbocycles. The third kappa shape index (κ3) is 2.27. The second-order valence-electron chi connectivity index (χ2n) is 6.86. The molecular formula is C13H23Cl. The minimum absolute atomic E-state index is 0.478. The summed E-state index contributed by atoms with van der Waals surface area (Å²) in [6, 6.07) is 0. The summed E-state index contributed by atoms with van der Waals surface area (Å²) < 4.78 is 0. The Morgan fingerprint density at radius 1 is 1.21 bits per heavy atom. The number of fused-ring (bicyclic) bond motifs is 1. The highest BCUT2D eigenvalue weighted by Crippen LogP contribution is 2.62. The van der Waals surface area contributed by atoms with Crippen LogP contribution in [0.3, 0.4) is 0 Å². The predicted octanol–water partition coefficient (Wildman–Crippen LogP) is 4.47. The Morgan fingerprint density at radius 3 is 2.21 bits per heavy atom. The summed E-state index contributed by atoms with van der Waals surface area (Å²) in [6.45, 7) is 7.01. The van der Waals surface area contributed by atoms with Crippen molar-refractivity contribution in [2.45, 2.75) is 52.9 Å². The number of alkyl halides is 1. The molecule has 0 N–H and O–H groups in total. The van der Waals surface area contributed by atoms with Crippen LogP contribution in [0.4, 0.5) is 0 Å². The van der Waals surface area contributed by atoms with Gasteiger partial charge in [-0.1, -0.05) is 20.8 Å². The Balaban J connectivity index is 1.87. The normalized spacial score (nSPS) is 41.1. The van der Waals surface area contributed by atoms with E-state index in [0.717, 1.165) is 17.7 Å². The molecule has 2 atom stereocenters. The fourth-order valence-electron chi connectivity index (χ4n) is 3.03. The van der Waals surface area contributed by atoms with E-state index >= 15 is 0 Å². The van der Waals surface area contributed by atoms with E-state index in [-0.39, 0.29) is 0 Å². The van der Waals surface area contributed by atoms with E-state index in [2.05, 4.69) is 20.8 Å². The number of hydrogen-bond acceptors (Lipinski definition) is 0. The fourth-order valence-corrected chi connectivity index (χ4v) is 3.38. The lowest BCUT2D eigenvalue weighted by Crippen LogP contribution is -2.23. The van der Waals surface area contributed by atoms with Crippen molar-refractivity contribution in [1.29, 1.82) is 0 Å². The summed E-state index contributed by atoms with van der Waals surface area (Å²) in [4.78, 5) is 0. The van der Waals surface area contributed by atoms with Crippen molar-refractivity contribution in [2.75, 3.05) is 5.88 Å². The SMILES string of the molecule is CC(C)(C)CCC1(CCl)CC2CC2C1. The van der Waals surface area contributed by atoms with Crippen LogP contribution in [0.25, 0.3) is 0 Å². The first-order valence-corrected chi connectivity index (χ1v) is 6.54. The second kappa shape index (κ2) is 3.40. The molecule has 0 aromatic rings. The lowest BCUT2D eigenvalue weighted by atomic mass is 9.76. The maximum absolute atomic E-state index is 6.18. The molecule has 82 valence electrons. The molecule has 2 aliphatic rings. The maximum Gasteiger partial charge on any atom is 0.0280 e. The highest BCUT2D eigenvalue weighted by molar-refractivity contribution is 6.18. The zero-order valence-electron chi connectivity index (χ0n) is 9.78. The Hall–Kier alpha value is 0.290. The molecule has 0 radical (unpaired) electrons. The van der Waals surface area contributed by atoms with Gasteiger partial charge in [-0.25, -0.2) is 0 Å². The van der Waals surface area contributed by atoms with Crippen LogP contribution in [0, 0.1) is 22.7 Å². The number of hydrogen-bond donors (Lipinski definition) is 0. The fraction of sp³-hybridized carbons (Fsp3) is 1.00. The van der Waals surface area contributed by atoms with Crippen molar-refractivity contribution in [3.63, 3.8) is 0 Å². The van der Waals surface area contributed by atoms with Gasteiger partial charge in [-0.05, 0) is 54.8 Å². The molecular weight excluding hydrogens is 192 g/mol. The van der Waals surface area contributed by atoms with Gasteiger partial charge in [-0.3, -0.25) is 0 Å². The summed E-state index contributed by atoms with van der Waals surface area (Å²) >= 11 is 6.18. The molecule has 0 nitrogen and oxygen atoms in total. The van der Waals surface area contributed by atoms with E-state index in [9.17, 15) is 0 Å². The quantitative estimate of drug-likeness (QED) is 0.609. The van der Waals surface area contributed by atoms with Gasteiger partial charge in [0.25, 0.3) is 0 Å². The largest absolute Gasteiger partial charge is 0.126 e. The van der Waals surface area contributed by atoms with Crippen molar-refractivity contribution >= 4 is 11.6 Å². The van der Waals surface area contributed by atoms with Gasteiger partial charge in [-0.2, -0.15) is 0 Å². The first kappa shape index (κ1) is 10.8.